The highest BCUT2D eigenvalue weighted by Crippen LogP contribution is 2.25. The third-order valence-corrected chi connectivity index (χ3v) is 3.39. The zero-order valence-corrected chi connectivity index (χ0v) is 11.2. The summed E-state index contributed by atoms with van der Waals surface area (Å²) in [7, 11) is 0. The van der Waals surface area contributed by atoms with Crippen molar-refractivity contribution in [3.8, 4) is 0 Å². The maximum Gasteiger partial charge on any atom is 0.198 e. The second-order valence-corrected chi connectivity index (χ2v) is 4.94. The van der Waals surface area contributed by atoms with E-state index in [4.69, 9.17) is 5.73 Å². The van der Waals surface area contributed by atoms with Gasteiger partial charge < -0.3 is 10.7 Å². The first-order valence-corrected chi connectivity index (χ1v) is 6.34. The topological polar surface area (TPSA) is 58.9 Å². The number of aromatic amines is 1. The number of aryl methyl sites for hydroxylation is 1. The highest BCUT2D eigenvalue weighted by atomic mass is 19.1. The van der Waals surface area contributed by atoms with Crippen molar-refractivity contribution in [3.05, 3.63) is 64.9 Å². The molecule has 0 unspecified atom stereocenters. The fourth-order valence-corrected chi connectivity index (χ4v) is 2.34. The van der Waals surface area contributed by atoms with Gasteiger partial charge in [0.2, 0.25) is 0 Å². The van der Waals surface area contributed by atoms with Gasteiger partial charge in [0.1, 0.15) is 5.82 Å². The Morgan fingerprint density at radius 3 is 2.67 bits per heavy atom. The minimum atomic E-state index is -0.900. The third-order valence-electron chi connectivity index (χ3n) is 3.39. The number of carbonyl (C=O) groups is 1. The number of halogens is 2. The molecule has 106 valence electrons. The molecule has 0 atom stereocenters. The van der Waals surface area contributed by atoms with E-state index in [1.807, 2.05) is 25.1 Å². The van der Waals surface area contributed by atoms with Gasteiger partial charge in [-0.15, -0.1) is 0 Å². The number of hydrogen-bond donors (Lipinski definition) is 2. The van der Waals surface area contributed by atoms with E-state index in [0.717, 1.165) is 23.2 Å². The number of benzene rings is 2. The highest BCUT2D eigenvalue weighted by Gasteiger charge is 2.20. The molecule has 0 spiro atoms. The Bertz CT molecular complexity index is 868. The van der Waals surface area contributed by atoms with Crippen molar-refractivity contribution in [1.29, 1.82) is 0 Å². The molecule has 0 saturated carbocycles. The van der Waals surface area contributed by atoms with E-state index in [0.29, 0.717) is 5.39 Å². The van der Waals surface area contributed by atoms with Gasteiger partial charge in [-0.05, 0) is 31.2 Å². The minimum absolute atomic E-state index is 0.289. The van der Waals surface area contributed by atoms with Crippen LogP contribution in [0.3, 0.4) is 0 Å². The lowest BCUT2D eigenvalue weighted by molar-refractivity contribution is 0.103. The van der Waals surface area contributed by atoms with E-state index in [1.165, 1.54) is 6.20 Å². The Hall–Kier alpha value is -2.69. The Labute approximate surface area is 119 Å². The van der Waals surface area contributed by atoms with Gasteiger partial charge in [0.25, 0.3) is 0 Å². The lowest BCUT2D eigenvalue weighted by Crippen LogP contribution is -2.07. The number of rotatable bonds is 2. The number of anilines is 1. The molecule has 0 bridgehead atoms. The third kappa shape index (κ3) is 2.16. The summed E-state index contributed by atoms with van der Waals surface area (Å²) in [5.41, 5.74) is 6.64. The first-order chi connectivity index (χ1) is 9.97. The molecule has 3 rings (SSSR count). The minimum Gasteiger partial charge on any atom is -0.396 e. The van der Waals surface area contributed by atoms with Crippen LogP contribution < -0.4 is 5.73 Å². The monoisotopic (exact) mass is 286 g/mol. The number of hydrogen-bond acceptors (Lipinski definition) is 2. The summed E-state index contributed by atoms with van der Waals surface area (Å²) in [4.78, 5) is 15.4. The van der Waals surface area contributed by atoms with Crippen LogP contribution in [0.1, 0.15) is 21.5 Å². The largest absolute Gasteiger partial charge is 0.396 e. The van der Waals surface area contributed by atoms with Crippen molar-refractivity contribution in [1.82, 2.24) is 4.98 Å². The number of nitrogens with two attached hydrogens (primary N) is 1. The summed E-state index contributed by atoms with van der Waals surface area (Å²) in [6, 6.07) is 7.26. The number of fused-ring (bicyclic) bond motifs is 1. The number of nitrogen functional groups attached to an aromatic ring is 1. The van der Waals surface area contributed by atoms with E-state index in [9.17, 15) is 13.6 Å². The Morgan fingerprint density at radius 2 is 1.90 bits per heavy atom. The number of aromatic nitrogens is 1. The number of H-pyrrole nitrogens is 1. The fraction of sp³-hybridized carbons (Fsp3) is 0.0625. The molecular weight excluding hydrogens is 274 g/mol. The molecule has 3 nitrogen and oxygen atoms in total. The van der Waals surface area contributed by atoms with Crippen LogP contribution in [0.25, 0.3) is 10.9 Å². The summed E-state index contributed by atoms with van der Waals surface area (Å²) in [5.74, 6) is -2.24. The Kier molecular flexibility index (Phi) is 2.97. The molecule has 0 radical (unpaired) electrons. The van der Waals surface area contributed by atoms with E-state index in [2.05, 4.69) is 4.98 Å². The standard InChI is InChI=1S/C16H12F2N2O/c1-8-2-3-14-10(4-8)12(7-20-14)16(21)11-5-9(17)6-13(19)15(11)18/h2-7,20H,19H2,1H3. The lowest BCUT2D eigenvalue weighted by Gasteiger charge is -2.05. The molecule has 2 aromatic carbocycles. The number of nitrogens with one attached hydrogen (secondary N) is 1. The van der Waals surface area contributed by atoms with Crippen LogP contribution in [0.15, 0.2) is 36.5 Å². The van der Waals surface area contributed by atoms with Gasteiger partial charge in [-0.2, -0.15) is 0 Å². The maximum absolute atomic E-state index is 14.0. The summed E-state index contributed by atoms with van der Waals surface area (Å²) >= 11 is 0. The fourth-order valence-electron chi connectivity index (χ4n) is 2.34. The van der Waals surface area contributed by atoms with Crippen LogP contribution in [-0.2, 0) is 0 Å². The van der Waals surface area contributed by atoms with Crippen LogP contribution in [-0.4, -0.2) is 10.8 Å². The molecule has 1 aromatic heterocycles. The van der Waals surface area contributed by atoms with E-state index in [1.54, 1.807) is 0 Å². The smallest absolute Gasteiger partial charge is 0.198 e. The van der Waals surface area contributed by atoms with Crippen molar-refractivity contribution in [3.63, 3.8) is 0 Å². The van der Waals surface area contributed by atoms with Crippen LogP contribution in [0, 0.1) is 18.6 Å². The summed E-state index contributed by atoms with van der Waals surface area (Å²) in [6.07, 6.45) is 1.49. The second-order valence-electron chi connectivity index (χ2n) is 4.94. The van der Waals surface area contributed by atoms with Gasteiger partial charge in [0.15, 0.2) is 11.6 Å². The molecule has 21 heavy (non-hydrogen) atoms. The first kappa shape index (κ1) is 13.3. The molecule has 0 fully saturated rings. The van der Waals surface area contributed by atoms with Gasteiger partial charge in [-0.3, -0.25) is 4.79 Å². The van der Waals surface area contributed by atoms with E-state index in [-0.39, 0.29) is 16.8 Å². The second kappa shape index (κ2) is 4.70. The molecule has 1 heterocycles. The quantitative estimate of drug-likeness (QED) is 0.559. The Morgan fingerprint density at radius 1 is 1.14 bits per heavy atom. The molecule has 3 N–H and O–H groups in total. The predicted octanol–water partition coefficient (Wildman–Crippen LogP) is 3.57. The van der Waals surface area contributed by atoms with Crippen molar-refractivity contribution < 1.29 is 13.6 Å². The van der Waals surface area contributed by atoms with Gasteiger partial charge in [0.05, 0.1) is 11.3 Å². The SMILES string of the molecule is Cc1ccc2[nH]cc(C(=O)c3cc(F)cc(N)c3F)c2c1. The molecule has 3 aromatic rings. The van der Waals surface area contributed by atoms with Crippen molar-refractivity contribution in [2.24, 2.45) is 0 Å². The lowest BCUT2D eigenvalue weighted by atomic mass is 10.0. The maximum atomic E-state index is 14.0. The van der Waals surface area contributed by atoms with Crippen LogP contribution in [0.2, 0.25) is 0 Å². The van der Waals surface area contributed by atoms with Crippen LogP contribution in [0.4, 0.5) is 14.5 Å². The Balaban J connectivity index is 2.19. The van der Waals surface area contributed by atoms with E-state index >= 15 is 0 Å². The molecular formula is C16H12F2N2O. The number of ketones is 1. The number of carbonyl (C=O) groups excluding carboxylic acids is 1. The molecule has 0 amide bonds. The van der Waals surface area contributed by atoms with Gasteiger partial charge in [-0.1, -0.05) is 11.6 Å². The van der Waals surface area contributed by atoms with Gasteiger partial charge in [0, 0.05) is 22.7 Å². The zero-order valence-electron chi connectivity index (χ0n) is 11.2. The van der Waals surface area contributed by atoms with Crippen molar-refractivity contribution in [2.75, 3.05) is 5.73 Å². The molecule has 5 heteroatoms. The predicted molar refractivity (Wildman–Crippen MR) is 77.2 cm³/mol. The molecule has 0 aliphatic heterocycles. The molecule has 0 aliphatic carbocycles. The normalized spacial score (nSPS) is 11.0. The summed E-state index contributed by atoms with van der Waals surface area (Å²) in [5, 5.41) is 0.669. The van der Waals surface area contributed by atoms with Crippen molar-refractivity contribution in [2.45, 2.75) is 6.92 Å². The summed E-state index contributed by atoms with van der Waals surface area (Å²) < 4.78 is 27.4. The average Bonchev–Trinajstić information content (AvgIpc) is 2.85. The summed E-state index contributed by atoms with van der Waals surface area (Å²) in [6.45, 7) is 1.89. The van der Waals surface area contributed by atoms with Crippen LogP contribution in [0.5, 0.6) is 0 Å². The van der Waals surface area contributed by atoms with Gasteiger partial charge >= 0.3 is 0 Å². The zero-order chi connectivity index (χ0) is 15.1. The van der Waals surface area contributed by atoms with Crippen molar-refractivity contribution >= 4 is 22.4 Å². The molecule has 0 aliphatic rings. The average molecular weight is 286 g/mol. The highest BCUT2D eigenvalue weighted by molar-refractivity contribution is 6.16. The van der Waals surface area contributed by atoms with Crippen LogP contribution >= 0.6 is 0 Å². The van der Waals surface area contributed by atoms with E-state index < -0.39 is 17.4 Å². The first-order valence-electron chi connectivity index (χ1n) is 6.34. The molecule has 0 saturated heterocycles. The van der Waals surface area contributed by atoms with Gasteiger partial charge in [-0.25, -0.2) is 8.78 Å².